The molecule has 0 aliphatic carbocycles. The summed E-state index contributed by atoms with van der Waals surface area (Å²) in [4.78, 5) is 23.8. The number of hydrogen-bond donors (Lipinski definition) is 5. The second-order valence-electron chi connectivity index (χ2n) is 7.83. The molecule has 11 heteroatoms. The number of sulfonamides is 1. The molecule has 188 valence electrons. The standard InChI is InChI=1S/C25H26N4O6S/c1-35-21-4-2-3-5-22(21)36(33,34)29-20(25(31)32)15-28-23(30)14-16-6-8-17(9-7-16)18-10-12-19(13-11-18)24(26)27/h2-13,20,29H,14-15H2,1H3,(H3,26,27)(H,28,30)(H,31,32). The number of hydrogen-bond acceptors (Lipinski definition) is 6. The van der Waals surface area contributed by atoms with Crippen LogP contribution in [-0.4, -0.2) is 50.9 Å². The van der Waals surface area contributed by atoms with Crippen LogP contribution in [0.15, 0.2) is 77.7 Å². The van der Waals surface area contributed by atoms with Crippen molar-refractivity contribution in [3.8, 4) is 16.9 Å². The average Bonchev–Trinajstić information content (AvgIpc) is 2.86. The fourth-order valence-corrected chi connectivity index (χ4v) is 4.75. The molecule has 0 saturated carbocycles. The minimum Gasteiger partial charge on any atom is -0.495 e. The number of methoxy groups -OCH3 is 1. The molecule has 0 aliphatic heterocycles. The van der Waals surface area contributed by atoms with Crippen molar-refractivity contribution in [2.24, 2.45) is 5.73 Å². The molecule has 10 nitrogen and oxygen atoms in total. The molecule has 6 N–H and O–H groups in total. The van der Waals surface area contributed by atoms with E-state index in [4.69, 9.17) is 15.9 Å². The van der Waals surface area contributed by atoms with E-state index in [1.807, 2.05) is 24.3 Å². The van der Waals surface area contributed by atoms with Gasteiger partial charge >= 0.3 is 5.97 Å². The number of nitrogen functional groups attached to an aromatic ring is 1. The summed E-state index contributed by atoms with van der Waals surface area (Å²) < 4.78 is 32.5. The van der Waals surface area contributed by atoms with Crippen molar-refractivity contribution in [1.29, 1.82) is 5.41 Å². The molecular weight excluding hydrogens is 484 g/mol. The van der Waals surface area contributed by atoms with Gasteiger partial charge in [-0.2, -0.15) is 4.72 Å². The first-order valence-electron chi connectivity index (χ1n) is 10.8. The van der Waals surface area contributed by atoms with Gasteiger partial charge in [0.2, 0.25) is 15.9 Å². The number of amides is 1. The number of amidine groups is 1. The number of ether oxygens (including phenoxy) is 1. The summed E-state index contributed by atoms with van der Waals surface area (Å²) in [5.41, 5.74) is 8.61. The minimum atomic E-state index is -4.22. The van der Waals surface area contributed by atoms with Crippen molar-refractivity contribution in [2.45, 2.75) is 17.4 Å². The topological polar surface area (TPSA) is 172 Å². The maximum Gasteiger partial charge on any atom is 0.323 e. The molecule has 3 aromatic carbocycles. The Kier molecular flexibility index (Phi) is 8.41. The van der Waals surface area contributed by atoms with Crippen molar-refractivity contribution in [2.75, 3.05) is 13.7 Å². The van der Waals surface area contributed by atoms with Crippen molar-refractivity contribution in [3.05, 3.63) is 83.9 Å². The Bertz CT molecular complexity index is 1360. The molecule has 1 amide bonds. The third kappa shape index (κ3) is 6.68. The van der Waals surface area contributed by atoms with E-state index in [0.717, 1.165) is 11.1 Å². The summed E-state index contributed by atoms with van der Waals surface area (Å²) in [7, 11) is -2.91. The van der Waals surface area contributed by atoms with Crippen LogP contribution in [-0.2, 0) is 26.0 Å². The van der Waals surface area contributed by atoms with Gasteiger partial charge in [0.15, 0.2) is 0 Å². The molecule has 0 radical (unpaired) electrons. The molecular formula is C25H26N4O6S. The molecule has 1 unspecified atom stereocenters. The zero-order chi connectivity index (χ0) is 26.3. The monoisotopic (exact) mass is 510 g/mol. The Morgan fingerprint density at radius 1 is 1.00 bits per heavy atom. The molecule has 0 aliphatic rings. The van der Waals surface area contributed by atoms with Crippen LogP contribution in [0.25, 0.3) is 11.1 Å². The highest BCUT2D eigenvalue weighted by molar-refractivity contribution is 7.89. The summed E-state index contributed by atoms with van der Waals surface area (Å²) in [5, 5.41) is 19.4. The summed E-state index contributed by atoms with van der Waals surface area (Å²) in [6.07, 6.45) is -0.0187. The second kappa shape index (κ2) is 11.5. The van der Waals surface area contributed by atoms with E-state index in [2.05, 4.69) is 10.0 Å². The summed E-state index contributed by atoms with van der Waals surface area (Å²) >= 11 is 0. The van der Waals surface area contributed by atoms with Crippen molar-refractivity contribution >= 4 is 27.7 Å². The van der Waals surface area contributed by atoms with Gasteiger partial charge in [0, 0.05) is 12.1 Å². The smallest absolute Gasteiger partial charge is 0.323 e. The van der Waals surface area contributed by atoms with Gasteiger partial charge in [0.25, 0.3) is 0 Å². The third-order valence-corrected chi connectivity index (χ3v) is 6.82. The van der Waals surface area contributed by atoms with Crippen LogP contribution < -0.4 is 20.5 Å². The largest absolute Gasteiger partial charge is 0.495 e. The van der Waals surface area contributed by atoms with Crippen LogP contribution in [0.3, 0.4) is 0 Å². The molecule has 0 aromatic heterocycles. The number of aliphatic carboxylic acids is 1. The van der Waals surface area contributed by atoms with Gasteiger partial charge in [-0.25, -0.2) is 8.42 Å². The number of carbonyl (C=O) groups excluding carboxylic acids is 1. The van der Waals surface area contributed by atoms with E-state index in [0.29, 0.717) is 11.1 Å². The molecule has 0 bridgehead atoms. The Morgan fingerprint density at radius 2 is 1.58 bits per heavy atom. The number of para-hydroxylation sites is 1. The van der Waals surface area contributed by atoms with Crippen LogP contribution >= 0.6 is 0 Å². The Morgan fingerprint density at radius 3 is 2.14 bits per heavy atom. The van der Waals surface area contributed by atoms with Gasteiger partial charge in [-0.3, -0.25) is 15.0 Å². The number of carboxylic acid groups (broad SMARTS) is 1. The Labute approximate surface area is 208 Å². The zero-order valence-electron chi connectivity index (χ0n) is 19.4. The van der Waals surface area contributed by atoms with Gasteiger partial charge < -0.3 is 20.9 Å². The number of carbonyl (C=O) groups is 2. The molecule has 36 heavy (non-hydrogen) atoms. The van der Waals surface area contributed by atoms with E-state index >= 15 is 0 Å². The van der Waals surface area contributed by atoms with Gasteiger partial charge in [0.1, 0.15) is 22.5 Å². The number of benzene rings is 3. The molecule has 0 saturated heterocycles. The lowest BCUT2D eigenvalue weighted by atomic mass is 10.0. The highest BCUT2D eigenvalue weighted by Crippen LogP contribution is 2.23. The van der Waals surface area contributed by atoms with Gasteiger partial charge in [-0.1, -0.05) is 60.7 Å². The van der Waals surface area contributed by atoms with Gasteiger partial charge in [0.05, 0.1) is 13.5 Å². The quantitative estimate of drug-likeness (QED) is 0.193. The number of rotatable bonds is 11. The predicted octanol–water partition coefficient (Wildman–Crippen LogP) is 1.74. The summed E-state index contributed by atoms with van der Waals surface area (Å²) in [6.45, 7) is -0.441. The van der Waals surface area contributed by atoms with Crippen molar-refractivity contribution < 1.29 is 27.9 Å². The van der Waals surface area contributed by atoms with Crippen LogP contribution in [0.4, 0.5) is 0 Å². The Hall–Kier alpha value is -4.22. The lowest BCUT2D eigenvalue weighted by Gasteiger charge is -2.17. The number of carboxylic acids is 1. The molecule has 3 rings (SSSR count). The zero-order valence-corrected chi connectivity index (χ0v) is 20.2. The first-order valence-corrected chi connectivity index (χ1v) is 12.3. The molecule has 3 aromatic rings. The van der Waals surface area contributed by atoms with Crippen LogP contribution in [0.1, 0.15) is 11.1 Å². The molecule has 1 atom stereocenters. The highest BCUT2D eigenvalue weighted by Gasteiger charge is 2.28. The third-order valence-electron chi connectivity index (χ3n) is 5.31. The lowest BCUT2D eigenvalue weighted by molar-refractivity contribution is -0.138. The minimum absolute atomic E-state index is 0.0133. The highest BCUT2D eigenvalue weighted by atomic mass is 32.2. The fourth-order valence-electron chi connectivity index (χ4n) is 3.39. The van der Waals surface area contributed by atoms with Crippen molar-refractivity contribution in [1.82, 2.24) is 10.0 Å². The first kappa shape index (κ1) is 26.4. The molecule has 0 heterocycles. The first-order chi connectivity index (χ1) is 17.1. The maximum atomic E-state index is 12.7. The van der Waals surface area contributed by atoms with Crippen LogP contribution in [0.5, 0.6) is 5.75 Å². The number of nitrogens with one attached hydrogen (secondary N) is 3. The van der Waals surface area contributed by atoms with E-state index in [1.54, 1.807) is 30.3 Å². The van der Waals surface area contributed by atoms with E-state index in [9.17, 15) is 23.1 Å². The lowest BCUT2D eigenvalue weighted by Crippen LogP contribution is -2.48. The molecule has 0 fully saturated rings. The fraction of sp³-hybridized carbons (Fsp3) is 0.160. The maximum absolute atomic E-state index is 12.7. The van der Waals surface area contributed by atoms with Gasteiger partial charge in [-0.15, -0.1) is 0 Å². The van der Waals surface area contributed by atoms with E-state index < -0.39 is 34.5 Å². The van der Waals surface area contributed by atoms with Crippen molar-refractivity contribution in [3.63, 3.8) is 0 Å². The van der Waals surface area contributed by atoms with E-state index in [-0.39, 0.29) is 22.9 Å². The van der Waals surface area contributed by atoms with Gasteiger partial charge in [-0.05, 0) is 28.8 Å². The summed E-state index contributed by atoms with van der Waals surface area (Å²) in [6, 6.07) is 18.6. The Balaban J connectivity index is 1.60. The predicted molar refractivity (Wildman–Crippen MR) is 134 cm³/mol. The van der Waals surface area contributed by atoms with Crippen LogP contribution in [0, 0.1) is 5.41 Å². The SMILES string of the molecule is COc1ccccc1S(=O)(=O)NC(CNC(=O)Cc1ccc(-c2ccc(C(=N)N)cc2)cc1)C(=O)O. The normalized spacial score (nSPS) is 11.9. The summed E-state index contributed by atoms with van der Waals surface area (Å²) in [5.74, 6) is -1.85. The van der Waals surface area contributed by atoms with E-state index in [1.165, 1.54) is 25.3 Å². The average molecular weight is 511 g/mol. The second-order valence-corrected chi connectivity index (χ2v) is 9.51. The number of nitrogens with two attached hydrogens (primary N) is 1. The van der Waals surface area contributed by atoms with Crippen LogP contribution in [0.2, 0.25) is 0 Å². The molecule has 0 spiro atoms.